The zero-order valence-electron chi connectivity index (χ0n) is 22.7. The van der Waals surface area contributed by atoms with E-state index in [1.54, 1.807) is 0 Å². The molecule has 0 spiro atoms. The van der Waals surface area contributed by atoms with E-state index in [0.29, 0.717) is 11.7 Å². The van der Waals surface area contributed by atoms with Crippen LogP contribution in [0.4, 0.5) is 0 Å². The number of fused-ring (bicyclic) bond motifs is 2. The lowest BCUT2D eigenvalue weighted by molar-refractivity contribution is 0.348. The van der Waals surface area contributed by atoms with E-state index in [1.807, 2.05) is 18.2 Å². The quantitative estimate of drug-likeness (QED) is 0.368. The summed E-state index contributed by atoms with van der Waals surface area (Å²) in [6, 6.07) is 21.9. The molecular formula is C37H38O. The van der Waals surface area contributed by atoms with E-state index in [9.17, 15) is 5.11 Å². The second kappa shape index (κ2) is 10.7. The minimum Gasteiger partial charge on any atom is -0.508 e. The van der Waals surface area contributed by atoms with Gasteiger partial charge in [-0.05, 0) is 102 Å². The third-order valence-corrected chi connectivity index (χ3v) is 9.28. The average molecular weight is 499 g/mol. The number of benzene rings is 3. The van der Waals surface area contributed by atoms with Gasteiger partial charge in [-0.1, -0.05) is 81.3 Å². The van der Waals surface area contributed by atoms with Gasteiger partial charge in [0.1, 0.15) is 5.75 Å². The van der Waals surface area contributed by atoms with Crippen LogP contribution >= 0.6 is 0 Å². The fraction of sp³-hybridized carbons (Fsp3) is 0.351. The minimum absolute atomic E-state index is 0.219. The Labute approximate surface area is 227 Å². The van der Waals surface area contributed by atoms with E-state index in [-0.39, 0.29) is 11.8 Å². The Morgan fingerprint density at radius 1 is 0.816 bits per heavy atom. The third-order valence-electron chi connectivity index (χ3n) is 9.28. The van der Waals surface area contributed by atoms with Gasteiger partial charge in [0.05, 0.1) is 0 Å². The van der Waals surface area contributed by atoms with Crippen LogP contribution in [-0.2, 0) is 12.8 Å². The van der Waals surface area contributed by atoms with E-state index < -0.39 is 0 Å². The minimum atomic E-state index is 0.219. The summed E-state index contributed by atoms with van der Waals surface area (Å²) in [7, 11) is 0. The van der Waals surface area contributed by atoms with Crippen LogP contribution in [0.2, 0.25) is 0 Å². The fourth-order valence-corrected chi connectivity index (χ4v) is 6.78. The first-order valence-electron chi connectivity index (χ1n) is 14.5. The molecule has 2 unspecified atom stereocenters. The average Bonchev–Trinajstić information content (AvgIpc) is 2.94. The Balaban J connectivity index is 1.31. The van der Waals surface area contributed by atoms with Gasteiger partial charge in [-0.3, -0.25) is 0 Å². The zero-order chi connectivity index (χ0) is 26.1. The molecule has 1 fully saturated rings. The summed E-state index contributed by atoms with van der Waals surface area (Å²) < 4.78 is 0. The lowest BCUT2D eigenvalue weighted by atomic mass is 9.79. The SMILES string of the molecule is CC1CCC(c2ccc(C(C)C3=C=C/C=c4/ccc(O)c(C5CCc6ccccc6C5)c4=C=C3)cc2)CC1. The second-order valence-electron chi connectivity index (χ2n) is 11.7. The molecule has 0 saturated heterocycles. The Bertz CT molecular complexity index is 1550. The predicted molar refractivity (Wildman–Crippen MR) is 158 cm³/mol. The van der Waals surface area contributed by atoms with Crippen LogP contribution in [0.5, 0.6) is 5.75 Å². The molecule has 3 aliphatic carbocycles. The van der Waals surface area contributed by atoms with Crippen molar-refractivity contribution >= 4 is 11.8 Å². The summed E-state index contributed by atoms with van der Waals surface area (Å²) >= 11 is 0. The Morgan fingerprint density at radius 3 is 2.37 bits per heavy atom. The van der Waals surface area contributed by atoms with Crippen molar-refractivity contribution in [1.29, 1.82) is 0 Å². The molecule has 3 aromatic rings. The van der Waals surface area contributed by atoms with Crippen LogP contribution in [0.15, 0.2) is 84.1 Å². The van der Waals surface area contributed by atoms with Crippen molar-refractivity contribution in [3.05, 3.63) is 122 Å². The fourth-order valence-electron chi connectivity index (χ4n) is 6.78. The van der Waals surface area contributed by atoms with Gasteiger partial charge in [0.25, 0.3) is 0 Å². The molecule has 6 rings (SSSR count). The lowest BCUT2D eigenvalue weighted by Crippen LogP contribution is -2.31. The smallest absolute Gasteiger partial charge is 0.120 e. The van der Waals surface area contributed by atoms with Gasteiger partial charge in [-0.2, -0.15) is 0 Å². The Kier molecular flexibility index (Phi) is 6.99. The molecule has 1 heteroatoms. The highest BCUT2D eigenvalue weighted by atomic mass is 16.3. The highest BCUT2D eigenvalue weighted by Gasteiger charge is 2.24. The molecule has 3 aliphatic rings. The number of hydrogen-bond donors (Lipinski definition) is 1. The number of phenols is 1. The van der Waals surface area contributed by atoms with Crippen molar-refractivity contribution in [2.45, 2.75) is 76.5 Å². The first-order valence-corrected chi connectivity index (χ1v) is 14.5. The van der Waals surface area contributed by atoms with Crippen LogP contribution in [0.3, 0.4) is 0 Å². The molecule has 1 N–H and O–H groups in total. The number of aromatic hydroxyl groups is 1. The second-order valence-corrected chi connectivity index (χ2v) is 11.7. The Morgan fingerprint density at radius 2 is 1.58 bits per heavy atom. The van der Waals surface area contributed by atoms with E-state index in [1.165, 1.54) is 47.9 Å². The lowest BCUT2D eigenvalue weighted by Gasteiger charge is -2.26. The summed E-state index contributed by atoms with van der Waals surface area (Å²) in [5, 5.41) is 13.2. The highest BCUT2D eigenvalue weighted by molar-refractivity contribution is 5.52. The molecule has 1 saturated carbocycles. The van der Waals surface area contributed by atoms with Gasteiger partial charge in [0.2, 0.25) is 0 Å². The molecule has 0 aliphatic heterocycles. The predicted octanol–water partition coefficient (Wildman–Crippen LogP) is 7.57. The van der Waals surface area contributed by atoms with Crippen molar-refractivity contribution in [2.75, 3.05) is 0 Å². The normalized spacial score (nSPS) is 24.0. The van der Waals surface area contributed by atoms with Gasteiger partial charge >= 0.3 is 0 Å². The van der Waals surface area contributed by atoms with Crippen molar-refractivity contribution in [3.8, 4) is 5.75 Å². The van der Waals surface area contributed by atoms with Crippen molar-refractivity contribution in [3.63, 3.8) is 0 Å². The van der Waals surface area contributed by atoms with Crippen LogP contribution in [0, 0.1) is 5.92 Å². The van der Waals surface area contributed by atoms with Gasteiger partial charge in [-0.15, -0.1) is 11.5 Å². The summed E-state index contributed by atoms with van der Waals surface area (Å²) in [4.78, 5) is 0. The van der Waals surface area contributed by atoms with E-state index >= 15 is 0 Å². The molecule has 0 bridgehead atoms. The van der Waals surface area contributed by atoms with Gasteiger partial charge in [-0.25, -0.2) is 0 Å². The Hall–Kier alpha value is -3.50. The van der Waals surface area contributed by atoms with Crippen molar-refractivity contribution in [1.82, 2.24) is 0 Å². The third kappa shape index (κ3) is 4.98. The molecule has 0 heterocycles. The maximum absolute atomic E-state index is 11.0. The molecule has 0 amide bonds. The summed E-state index contributed by atoms with van der Waals surface area (Å²) in [6.45, 7) is 4.64. The topological polar surface area (TPSA) is 20.2 Å². The maximum Gasteiger partial charge on any atom is 0.120 e. The number of rotatable bonds is 4. The maximum atomic E-state index is 11.0. The first kappa shape index (κ1) is 24.8. The zero-order valence-corrected chi connectivity index (χ0v) is 22.7. The van der Waals surface area contributed by atoms with Crippen molar-refractivity contribution in [2.24, 2.45) is 5.92 Å². The monoisotopic (exact) mass is 498 g/mol. The van der Waals surface area contributed by atoms with Gasteiger partial charge < -0.3 is 5.11 Å². The van der Waals surface area contributed by atoms with E-state index in [4.69, 9.17) is 0 Å². The molecular weight excluding hydrogens is 460 g/mol. The molecule has 0 aromatic heterocycles. The van der Waals surface area contributed by atoms with Gasteiger partial charge in [0, 0.05) is 22.3 Å². The number of aryl methyl sites for hydroxylation is 1. The summed E-state index contributed by atoms with van der Waals surface area (Å²) in [5.74, 6) is 2.49. The molecule has 3 aromatic carbocycles. The van der Waals surface area contributed by atoms with E-state index in [0.717, 1.165) is 46.8 Å². The van der Waals surface area contributed by atoms with Crippen molar-refractivity contribution < 1.29 is 5.11 Å². The summed E-state index contributed by atoms with van der Waals surface area (Å²) in [5.41, 5.74) is 15.0. The van der Waals surface area contributed by atoms with Crippen LogP contribution < -0.4 is 10.4 Å². The summed E-state index contributed by atoms with van der Waals surface area (Å²) in [6.07, 6.45) is 14.7. The standard InChI is InChI=1S/C37H38O/c1-25-10-12-30(13-11-25)31-16-14-28(15-17-31)26(2)27-8-5-9-32-21-23-36(38)37(35(32)22-20-27)34-19-18-29-6-3-4-7-33(29)24-34/h3-7,9,14-17,20-21,23,25-26,30,34,38H,10-13,18-19,24H2,1-2H3/b32-9-. The number of allylic oxidation sites excluding steroid dienone is 2. The van der Waals surface area contributed by atoms with E-state index in [2.05, 4.69) is 86.0 Å². The van der Waals surface area contributed by atoms with Crippen LogP contribution in [-0.4, -0.2) is 5.11 Å². The first-order chi connectivity index (χ1) is 18.6. The van der Waals surface area contributed by atoms with Crippen LogP contribution in [0.25, 0.3) is 11.8 Å². The molecule has 38 heavy (non-hydrogen) atoms. The highest BCUT2D eigenvalue weighted by Crippen LogP contribution is 2.37. The largest absolute Gasteiger partial charge is 0.508 e. The van der Waals surface area contributed by atoms with Crippen LogP contribution in [0.1, 0.15) is 91.5 Å². The number of hydrogen-bond acceptors (Lipinski definition) is 1. The molecule has 0 radical (unpaired) electrons. The number of phenolic OH excluding ortho intramolecular Hbond substituents is 1. The van der Waals surface area contributed by atoms with Gasteiger partial charge in [0.15, 0.2) is 0 Å². The molecule has 2 atom stereocenters. The molecule has 1 nitrogen and oxygen atoms in total. The molecule has 192 valence electrons.